The van der Waals surface area contributed by atoms with Crippen LogP contribution in [0.3, 0.4) is 0 Å². The molecule has 0 radical (unpaired) electrons. The third-order valence-corrected chi connectivity index (χ3v) is 2.10. The lowest BCUT2D eigenvalue weighted by Gasteiger charge is -2.01. The van der Waals surface area contributed by atoms with E-state index in [1.807, 2.05) is 13.8 Å². The van der Waals surface area contributed by atoms with E-state index in [2.05, 4.69) is 6.58 Å². The van der Waals surface area contributed by atoms with Gasteiger partial charge in [-0.25, -0.2) is 0 Å². The summed E-state index contributed by atoms with van der Waals surface area (Å²) in [5, 5.41) is 0. The van der Waals surface area contributed by atoms with Gasteiger partial charge in [-0.1, -0.05) is 12.5 Å². The van der Waals surface area contributed by atoms with E-state index in [0.717, 1.165) is 12.0 Å². The van der Waals surface area contributed by atoms with E-state index in [0.29, 0.717) is 6.16 Å². The van der Waals surface area contributed by atoms with Crippen LogP contribution in [0.4, 0.5) is 0 Å². The van der Waals surface area contributed by atoms with Gasteiger partial charge in [0.1, 0.15) is 0 Å². The molecule has 0 saturated carbocycles. The van der Waals surface area contributed by atoms with Gasteiger partial charge in [0.2, 0.25) is 0 Å². The van der Waals surface area contributed by atoms with Gasteiger partial charge in [-0.05, 0) is 17.9 Å². The second-order valence-electron chi connectivity index (χ2n) is 2.80. The maximum absolute atomic E-state index is 10.3. The van der Waals surface area contributed by atoms with E-state index >= 15 is 0 Å². The Bertz CT molecular complexity index is 127. The Morgan fingerprint density at radius 3 is 2.60 bits per heavy atom. The fourth-order valence-electron chi connectivity index (χ4n) is 0.926. The first-order chi connectivity index (χ1) is 4.52. The summed E-state index contributed by atoms with van der Waals surface area (Å²) in [6, 6.07) is 0. The van der Waals surface area contributed by atoms with Gasteiger partial charge in [0, 0.05) is 5.92 Å². The average molecular weight is 161 g/mol. The van der Waals surface area contributed by atoms with Crippen LogP contribution in [-0.4, -0.2) is 11.1 Å². The maximum Gasteiger partial charge on any atom is 0.505 e. The Kier molecular flexibility index (Phi) is 4.50. The zero-order valence-corrected chi connectivity index (χ0v) is 7.40. The summed E-state index contributed by atoms with van der Waals surface area (Å²) < 4.78 is 10.3. The van der Waals surface area contributed by atoms with Gasteiger partial charge in [-0.15, -0.1) is 6.58 Å². The van der Waals surface area contributed by atoms with E-state index in [1.165, 1.54) is 0 Å². The van der Waals surface area contributed by atoms with Crippen molar-refractivity contribution in [3.05, 3.63) is 12.2 Å². The van der Waals surface area contributed by atoms with Crippen LogP contribution in [0.5, 0.6) is 0 Å². The zero-order valence-electron chi connectivity index (χ0n) is 6.50. The molecule has 2 unspecified atom stereocenters. The minimum atomic E-state index is -1.96. The van der Waals surface area contributed by atoms with Crippen molar-refractivity contribution in [1.29, 1.82) is 0 Å². The fourth-order valence-corrected chi connectivity index (χ4v) is 1.59. The van der Waals surface area contributed by atoms with Gasteiger partial charge >= 0.3 is 8.03 Å². The lowest BCUT2D eigenvalue weighted by molar-refractivity contribution is 0.489. The van der Waals surface area contributed by atoms with Crippen molar-refractivity contribution in [3.8, 4) is 0 Å². The van der Waals surface area contributed by atoms with Crippen molar-refractivity contribution >= 4 is 8.03 Å². The fraction of sp³-hybridized carbons (Fsp3) is 0.714. The summed E-state index contributed by atoms with van der Waals surface area (Å²) in [6.45, 7) is 7.61. The van der Waals surface area contributed by atoms with Crippen molar-refractivity contribution in [2.45, 2.75) is 20.3 Å². The van der Waals surface area contributed by atoms with Crippen LogP contribution in [0.1, 0.15) is 20.3 Å². The molecule has 3 heteroatoms. The maximum atomic E-state index is 10.3. The van der Waals surface area contributed by atoms with Gasteiger partial charge in [0.25, 0.3) is 0 Å². The number of rotatable bonds is 4. The first kappa shape index (κ1) is 9.80. The van der Waals surface area contributed by atoms with Crippen LogP contribution in [0, 0.1) is 5.92 Å². The van der Waals surface area contributed by atoms with Crippen molar-refractivity contribution in [2.75, 3.05) is 6.16 Å². The monoisotopic (exact) mass is 161 g/mol. The molecule has 10 heavy (non-hydrogen) atoms. The van der Waals surface area contributed by atoms with Crippen molar-refractivity contribution in [1.82, 2.24) is 0 Å². The molecule has 0 fully saturated rings. The molecule has 58 valence electrons. The van der Waals surface area contributed by atoms with E-state index in [4.69, 9.17) is 4.89 Å². The van der Waals surface area contributed by atoms with Gasteiger partial charge < -0.3 is 0 Å². The molecule has 0 aliphatic carbocycles. The van der Waals surface area contributed by atoms with Crippen LogP contribution in [0.2, 0.25) is 0 Å². The smallest absolute Gasteiger partial charge is 0.161 e. The Labute approximate surface area is 62.8 Å². The van der Waals surface area contributed by atoms with Crippen LogP contribution >= 0.6 is 8.03 Å². The quantitative estimate of drug-likeness (QED) is 0.507. The minimum absolute atomic E-state index is 0.283. The Balaban J connectivity index is 3.53. The Morgan fingerprint density at radius 2 is 2.30 bits per heavy atom. The molecule has 0 rings (SSSR count). The molecule has 0 aromatic carbocycles. The zero-order chi connectivity index (χ0) is 8.15. The van der Waals surface area contributed by atoms with E-state index in [1.54, 1.807) is 0 Å². The van der Waals surface area contributed by atoms with Crippen molar-refractivity contribution < 1.29 is 9.46 Å². The van der Waals surface area contributed by atoms with Crippen molar-refractivity contribution in [2.24, 2.45) is 5.92 Å². The van der Waals surface area contributed by atoms with E-state index in [9.17, 15) is 4.57 Å². The lowest BCUT2D eigenvalue weighted by Crippen LogP contribution is -1.97. The molecule has 0 saturated heterocycles. The molecule has 0 spiro atoms. The van der Waals surface area contributed by atoms with Crippen LogP contribution in [0.15, 0.2) is 12.2 Å². The predicted octanol–water partition coefficient (Wildman–Crippen LogP) is 2.32. The summed E-state index contributed by atoms with van der Waals surface area (Å²) in [5.74, 6) is 0.283. The van der Waals surface area contributed by atoms with E-state index < -0.39 is 8.03 Å². The predicted molar refractivity (Wildman–Crippen MR) is 43.3 cm³/mol. The van der Waals surface area contributed by atoms with Gasteiger partial charge in [0.05, 0.1) is 0 Å². The minimum Gasteiger partial charge on any atom is -0.161 e. The molecule has 1 N–H and O–H groups in total. The molecule has 0 aliphatic heterocycles. The number of hydrogen-bond donors (Lipinski definition) is 1. The highest BCUT2D eigenvalue weighted by molar-refractivity contribution is 7.37. The number of hydrogen-bond acceptors (Lipinski definition) is 1. The highest BCUT2D eigenvalue weighted by atomic mass is 31.1. The molecule has 0 heterocycles. The second-order valence-corrected chi connectivity index (χ2v) is 3.87. The molecule has 2 atom stereocenters. The summed E-state index contributed by atoms with van der Waals surface area (Å²) >= 11 is 0. The molecule has 0 aromatic heterocycles. The molecule has 2 nitrogen and oxygen atoms in total. The van der Waals surface area contributed by atoms with Crippen molar-refractivity contribution in [3.63, 3.8) is 0 Å². The summed E-state index contributed by atoms with van der Waals surface area (Å²) in [7, 11) is -1.96. The highest BCUT2D eigenvalue weighted by Gasteiger charge is 2.16. The van der Waals surface area contributed by atoms with E-state index in [-0.39, 0.29) is 5.92 Å². The Hall–Kier alpha value is -0.200. The molecule has 0 bridgehead atoms. The molecule has 0 aliphatic rings. The summed E-state index contributed by atoms with van der Waals surface area (Å²) in [6.07, 6.45) is 1.24. The average Bonchev–Trinajstić information content (AvgIpc) is 1.58. The third kappa shape index (κ3) is 5.93. The molecule has 0 amide bonds. The molecular formula is C7H14O2P+. The Morgan fingerprint density at radius 1 is 1.80 bits per heavy atom. The first-order valence-corrected chi connectivity index (χ1v) is 4.70. The first-order valence-electron chi connectivity index (χ1n) is 3.30. The largest absolute Gasteiger partial charge is 0.505 e. The topological polar surface area (TPSA) is 37.3 Å². The van der Waals surface area contributed by atoms with Crippen LogP contribution in [-0.2, 0) is 4.57 Å². The van der Waals surface area contributed by atoms with Crippen LogP contribution in [0.25, 0.3) is 0 Å². The van der Waals surface area contributed by atoms with Gasteiger partial charge in [-0.3, -0.25) is 0 Å². The van der Waals surface area contributed by atoms with Gasteiger partial charge in [0.15, 0.2) is 6.16 Å². The van der Waals surface area contributed by atoms with Crippen LogP contribution < -0.4 is 0 Å². The third-order valence-electron chi connectivity index (χ3n) is 1.16. The second kappa shape index (κ2) is 4.59. The highest BCUT2D eigenvalue weighted by Crippen LogP contribution is 2.21. The van der Waals surface area contributed by atoms with Gasteiger partial charge in [-0.2, -0.15) is 4.89 Å². The molecular weight excluding hydrogens is 147 g/mol. The summed E-state index contributed by atoms with van der Waals surface area (Å²) in [5.41, 5.74) is 1.07. The molecule has 0 aromatic rings. The summed E-state index contributed by atoms with van der Waals surface area (Å²) in [4.78, 5) is 8.52. The number of allylic oxidation sites excluding steroid dienone is 1. The normalized spacial score (nSPS) is 14.5. The lowest BCUT2D eigenvalue weighted by atomic mass is 10.1. The SMILES string of the molecule is C=C(C)CC(C)C[P+](=O)O. The standard InChI is InChI=1S/C7H13O2P/c1-6(2)4-7(3)5-10(8)9/h7H,1,4-5H2,2-3H3/p+1.